The Morgan fingerprint density at radius 1 is 1.33 bits per heavy atom. The molecule has 3 heteroatoms. The van der Waals surface area contributed by atoms with Crippen molar-refractivity contribution in [2.45, 2.75) is 13.5 Å². The van der Waals surface area contributed by atoms with Crippen LogP contribution in [0.1, 0.15) is 12.5 Å². The molecule has 1 aromatic carbocycles. The largest absolute Gasteiger partial charge is 0.496 e. The summed E-state index contributed by atoms with van der Waals surface area (Å²) in [7, 11) is 1.71. The van der Waals surface area contributed by atoms with E-state index in [-0.39, 0.29) is 0 Å². The van der Waals surface area contributed by atoms with E-state index in [1.165, 1.54) is 5.56 Å². The quantitative estimate of drug-likeness (QED) is 0.769. The molecule has 0 aliphatic carbocycles. The Hall–Kier alpha value is -1.06. The van der Waals surface area contributed by atoms with Crippen LogP contribution in [-0.2, 0) is 6.54 Å². The molecule has 2 N–H and O–H groups in total. The number of nitrogens with two attached hydrogens (primary N) is 1. The van der Waals surface area contributed by atoms with Gasteiger partial charge in [-0.25, -0.2) is 0 Å². The first kappa shape index (κ1) is 12.0. The van der Waals surface area contributed by atoms with Gasteiger partial charge in [0.2, 0.25) is 0 Å². The second-order valence-corrected chi connectivity index (χ2v) is 3.47. The maximum absolute atomic E-state index is 5.56. The van der Waals surface area contributed by atoms with Crippen LogP contribution in [0, 0.1) is 0 Å². The van der Waals surface area contributed by atoms with Gasteiger partial charge in [0.1, 0.15) is 5.75 Å². The van der Waals surface area contributed by atoms with Crippen LogP contribution in [0.3, 0.4) is 0 Å². The summed E-state index contributed by atoms with van der Waals surface area (Å²) in [5.74, 6) is 0.952. The third-order valence-electron chi connectivity index (χ3n) is 2.48. The van der Waals surface area contributed by atoms with E-state index >= 15 is 0 Å². The molecule has 0 radical (unpaired) electrons. The predicted molar refractivity (Wildman–Crippen MR) is 63.0 cm³/mol. The number of nitrogens with zero attached hydrogens (tertiary/aromatic N) is 1. The highest BCUT2D eigenvalue weighted by Gasteiger charge is 2.06. The zero-order chi connectivity index (χ0) is 11.1. The summed E-state index contributed by atoms with van der Waals surface area (Å²) in [5, 5.41) is 0. The van der Waals surface area contributed by atoms with E-state index in [9.17, 15) is 0 Å². The number of hydrogen-bond acceptors (Lipinski definition) is 3. The van der Waals surface area contributed by atoms with Crippen molar-refractivity contribution in [1.82, 2.24) is 4.90 Å². The van der Waals surface area contributed by atoms with E-state index in [2.05, 4.69) is 17.9 Å². The maximum atomic E-state index is 5.56. The van der Waals surface area contributed by atoms with Crippen molar-refractivity contribution in [1.29, 1.82) is 0 Å². The second-order valence-electron chi connectivity index (χ2n) is 3.47. The molecule has 0 atom stereocenters. The van der Waals surface area contributed by atoms with Crippen molar-refractivity contribution in [2.24, 2.45) is 5.73 Å². The van der Waals surface area contributed by atoms with Crippen LogP contribution < -0.4 is 10.5 Å². The van der Waals surface area contributed by atoms with Crippen LogP contribution in [0.5, 0.6) is 5.75 Å². The van der Waals surface area contributed by atoms with Crippen LogP contribution in [0.25, 0.3) is 0 Å². The Morgan fingerprint density at radius 3 is 2.67 bits per heavy atom. The van der Waals surface area contributed by atoms with Gasteiger partial charge >= 0.3 is 0 Å². The Labute approximate surface area is 91.8 Å². The van der Waals surface area contributed by atoms with E-state index in [1.54, 1.807) is 7.11 Å². The highest BCUT2D eigenvalue weighted by molar-refractivity contribution is 5.33. The SMILES string of the molecule is CCN(CCN)Cc1ccccc1OC. The van der Waals surface area contributed by atoms with Gasteiger partial charge in [-0.1, -0.05) is 25.1 Å². The van der Waals surface area contributed by atoms with E-state index < -0.39 is 0 Å². The topological polar surface area (TPSA) is 38.5 Å². The summed E-state index contributed by atoms with van der Waals surface area (Å²) in [6, 6.07) is 8.11. The number of methoxy groups -OCH3 is 1. The lowest BCUT2D eigenvalue weighted by Gasteiger charge is -2.20. The van der Waals surface area contributed by atoms with Gasteiger partial charge in [0.15, 0.2) is 0 Å². The standard InChI is InChI=1S/C12H20N2O/c1-3-14(9-8-13)10-11-6-4-5-7-12(11)15-2/h4-7H,3,8-10,13H2,1-2H3. The lowest BCUT2D eigenvalue weighted by molar-refractivity contribution is 0.282. The Balaban J connectivity index is 2.69. The first-order chi connectivity index (χ1) is 7.31. The number of ether oxygens (including phenoxy) is 1. The van der Waals surface area contributed by atoms with Gasteiger partial charge in [-0.3, -0.25) is 4.90 Å². The van der Waals surface area contributed by atoms with E-state index in [0.717, 1.165) is 25.4 Å². The van der Waals surface area contributed by atoms with Gasteiger partial charge in [0.05, 0.1) is 7.11 Å². The molecule has 0 amide bonds. The molecule has 0 saturated carbocycles. The van der Waals surface area contributed by atoms with E-state index in [1.807, 2.05) is 18.2 Å². The Bertz CT molecular complexity index is 289. The van der Waals surface area contributed by atoms with Crippen molar-refractivity contribution in [3.63, 3.8) is 0 Å². The maximum Gasteiger partial charge on any atom is 0.123 e. The van der Waals surface area contributed by atoms with Crippen LogP contribution in [0.4, 0.5) is 0 Å². The number of likely N-dealkylation sites (N-methyl/N-ethyl adjacent to an activating group) is 1. The molecule has 0 heterocycles. The molecule has 0 bridgehead atoms. The Kier molecular flexibility index (Phi) is 5.15. The van der Waals surface area contributed by atoms with Crippen LogP contribution in [0.2, 0.25) is 0 Å². The minimum atomic E-state index is 0.697. The summed E-state index contributed by atoms with van der Waals surface area (Å²) in [4.78, 5) is 2.30. The summed E-state index contributed by atoms with van der Waals surface area (Å²) >= 11 is 0. The van der Waals surface area contributed by atoms with Crippen molar-refractivity contribution >= 4 is 0 Å². The number of rotatable bonds is 6. The fourth-order valence-electron chi connectivity index (χ4n) is 1.61. The van der Waals surface area contributed by atoms with Crippen molar-refractivity contribution in [2.75, 3.05) is 26.7 Å². The van der Waals surface area contributed by atoms with Crippen molar-refractivity contribution < 1.29 is 4.74 Å². The molecule has 1 rings (SSSR count). The molecule has 0 saturated heterocycles. The normalized spacial score (nSPS) is 10.7. The predicted octanol–water partition coefficient (Wildman–Crippen LogP) is 1.48. The van der Waals surface area contributed by atoms with Gasteiger partial charge in [0.25, 0.3) is 0 Å². The lowest BCUT2D eigenvalue weighted by Crippen LogP contribution is -2.28. The summed E-state index contributed by atoms with van der Waals surface area (Å²) in [6.45, 7) is 5.68. The van der Waals surface area contributed by atoms with Crippen molar-refractivity contribution in [3.05, 3.63) is 29.8 Å². The highest BCUT2D eigenvalue weighted by Crippen LogP contribution is 2.18. The van der Waals surface area contributed by atoms with Crippen molar-refractivity contribution in [3.8, 4) is 5.75 Å². The minimum absolute atomic E-state index is 0.697. The molecule has 3 nitrogen and oxygen atoms in total. The van der Waals surface area contributed by atoms with E-state index in [4.69, 9.17) is 10.5 Å². The average Bonchev–Trinajstić information content (AvgIpc) is 2.29. The fourth-order valence-corrected chi connectivity index (χ4v) is 1.61. The third-order valence-corrected chi connectivity index (χ3v) is 2.48. The molecule has 84 valence electrons. The first-order valence-corrected chi connectivity index (χ1v) is 5.36. The zero-order valence-corrected chi connectivity index (χ0v) is 9.57. The molecule has 0 unspecified atom stereocenters. The van der Waals surface area contributed by atoms with E-state index in [0.29, 0.717) is 6.54 Å². The molecule has 1 aromatic rings. The number of para-hydroxylation sites is 1. The molecule has 0 aliphatic rings. The van der Waals surface area contributed by atoms with Gasteiger partial charge < -0.3 is 10.5 Å². The molecular formula is C12H20N2O. The second kappa shape index (κ2) is 6.43. The molecule has 15 heavy (non-hydrogen) atoms. The molecule has 0 aromatic heterocycles. The molecular weight excluding hydrogens is 188 g/mol. The van der Waals surface area contributed by atoms with Crippen LogP contribution in [0.15, 0.2) is 24.3 Å². The highest BCUT2D eigenvalue weighted by atomic mass is 16.5. The molecule has 0 fully saturated rings. The van der Waals surface area contributed by atoms with Gasteiger partial charge in [-0.05, 0) is 12.6 Å². The zero-order valence-electron chi connectivity index (χ0n) is 9.57. The Morgan fingerprint density at radius 2 is 2.07 bits per heavy atom. The summed E-state index contributed by atoms with van der Waals surface area (Å²) in [6.07, 6.45) is 0. The minimum Gasteiger partial charge on any atom is -0.496 e. The molecule has 0 spiro atoms. The fraction of sp³-hybridized carbons (Fsp3) is 0.500. The average molecular weight is 208 g/mol. The van der Waals surface area contributed by atoms with Gasteiger partial charge in [-0.2, -0.15) is 0 Å². The van der Waals surface area contributed by atoms with Crippen LogP contribution in [-0.4, -0.2) is 31.6 Å². The number of hydrogen-bond donors (Lipinski definition) is 1. The third kappa shape index (κ3) is 3.53. The molecule has 0 aliphatic heterocycles. The monoisotopic (exact) mass is 208 g/mol. The number of benzene rings is 1. The summed E-state index contributed by atoms with van der Waals surface area (Å²) in [5.41, 5.74) is 6.77. The smallest absolute Gasteiger partial charge is 0.123 e. The van der Waals surface area contributed by atoms with Crippen LogP contribution >= 0.6 is 0 Å². The first-order valence-electron chi connectivity index (χ1n) is 5.36. The summed E-state index contributed by atoms with van der Waals surface area (Å²) < 4.78 is 5.31. The van der Waals surface area contributed by atoms with Gasteiger partial charge in [0, 0.05) is 25.2 Å². The van der Waals surface area contributed by atoms with Gasteiger partial charge in [-0.15, -0.1) is 0 Å². The lowest BCUT2D eigenvalue weighted by atomic mass is 10.2.